The molecule has 100 valence electrons. The highest BCUT2D eigenvalue weighted by Gasteiger charge is 2.14. The van der Waals surface area contributed by atoms with Crippen molar-refractivity contribution in [2.75, 3.05) is 39.3 Å². The fraction of sp³-hybridized carbons (Fsp3) is 0.538. The number of aliphatic hydroxyl groups is 1. The first-order valence-electron chi connectivity index (χ1n) is 6.23. The van der Waals surface area contributed by atoms with Gasteiger partial charge in [-0.2, -0.15) is 0 Å². The maximum atomic E-state index is 9.94. The van der Waals surface area contributed by atoms with Gasteiger partial charge in [-0.3, -0.25) is 4.90 Å². The van der Waals surface area contributed by atoms with Gasteiger partial charge in [-0.05, 0) is 40.8 Å². The zero-order valence-corrected chi connectivity index (χ0v) is 12.5. The molecule has 1 heterocycles. The van der Waals surface area contributed by atoms with Crippen LogP contribution in [0.15, 0.2) is 24.3 Å². The van der Waals surface area contributed by atoms with Gasteiger partial charge in [0.1, 0.15) is 18.5 Å². The fourth-order valence-electron chi connectivity index (χ4n) is 1.99. The van der Waals surface area contributed by atoms with Gasteiger partial charge in [0.15, 0.2) is 0 Å². The lowest BCUT2D eigenvalue weighted by atomic mass is 10.3. The van der Waals surface area contributed by atoms with E-state index in [9.17, 15) is 5.11 Å². The van der Waals surface area contributed by atoms with E-state index in [2.05, 4.69) is 32.8 Å². The molecule has 0 radical (unpaired) electrons. The molecular weight excluding hydrogens is 343 g/mol. The summed E-state index contributed by atoms with van der Waals surface area (Å²) in [6.07, 6.45) is -0.430. The van der Waals surface area contributed by atoms with Crippen molar-refractivity contribution in [2.24, 2.45) is 0 Å². The molecule has 4 nitrogen and oxygen atoms in total. The zero-order valence-electron chi connectivity index (χ0n) is 10.3. The molecule has 1 fully saturated rings. The topological polar surface area (TPSA) is 44.7 Å². The van der Waals surface area contributed by atoms with Crippen LogP contribution in [0.5, 0.6) is 5.75 Å². The summed E-state index contributed by atoms with van der Waals surface area (Å²) in [6.45, 7) is 5.05. The Labute approximate surface area is 121 Å². The average Bonchev–Trinajstić information content (AvgIpc) is 2.38. The van der Waals surface area contributed by atoms with Crippen LogP contribution in [-0.4, -0.2) is 55.4 Å². The van der Waals surface area contributed by atoms with Crippen molar-refractivity contribution in [3.63, 3.8) is 0 Å². The SMILES string of the molecule is OC(COc1cccc(I)c1)CN1CCNCC1. The van der Waals surface area contributed by atoms with Gasteiger partial charge in [0, 0.05) is 36.3 Å². The summed E-state index contributed by atoms with van der Waals surface area (Å²) >= 11 is 2.25. The molecule has 5 heteroatoms. The standard InChI is InChI=1S/C13H19IN2O2/c14-11-2-1-3-13(8-11)18-10-12(17)9-16-6-4-15-5-7-16/h1-3,8,12,15,17H,4-7,9-10H2. The van der Waals surface area contributed by atoms with Crippen molar-refractivity contribution in [1.29, 1.82) is 0 Å². The molecule has 18 heavy (non-hydrogen) atoms. The number of benzene rings is 1. The summed E-state index contributed by atoms with van der Waals surface area (Å²) < 4.78 is 6.73. The van der Waals surface area contributed by atoms with Crippen LogP contribution in [0.25, 0.3) is 0 Å². The van der Waals surface area contributed by atoms with Crippen molar-refractivity contribution in [1.82, 2.24) is 10.2 Å². The van der Waals surface area contributed by atoms with E-state index in [0.29, 0.717) is 13.2 Å². The molecule has 1 aromatic carbocycles. The Kier molecular flexibility index (Phi) is 5.68. The van der Waals surface area contributed by atoms with Crippen molar-refractivity contribution < 1.29 is 9.84 Å². The largest absolute Gasteiger partial charge is 0.491 e. The molecule has 2 N–H and O–H groups in total. The van der Waals surface area contributed by atoms with Crippen molar-refractivity contribution in [3.05, 3.63) is 27.8 Å². The first-order valence-corrected chi connectivity index (χ1v) is 7.31. The number of β-amino-alcohol motifs (C(OH)–C–C–N with tert-alkyl or cyclic N) is 1. The van der Waals surface area contributed by atoms with Crippen LogP contribution in [0.1, 0.15) is 0 Å². The molecule has 0 aliphatic carbocycles. The second kappa shape index (κ2) is 7.28. The highest BCUT2D eigenvalue weighted by molar-refractivity contribution is 14.1. The van der Waals surface area contributed by atoms with Gasteiger partial charge in [0.05, 0.1) is 0 Å². The minimum absolute atomic E-state index is 0.351. The van der Waals surface area contributed by atoms with E-state index in [1.165, 1.54) is 0 Å². The number of hydrogen-bond donors (Lipinski definition) is 2. The molecule has 0 spiro atoms. The Bertz CT molecular complexity index is 370. The van der Waals surface area contributed by atoms with E-state index in [1.54, 1.807) is 0 Å². The molecular formula is C13H19IN2O2. The molecule has 1 unspecified atom stereocenters. The minimum atomic E-state index is -0.430. The van der Waals surface area contributed by atoms with Gasteiger partial charge >= 0.3 is 0 Å². The van der Waals surface area contributed by atoms with Crippen LogP contribution < -0.4 is 10.1 Å². The second-order valence-corrected chi connectivity index (χ2v) is 5.72. The van der Waals surface area contributed by atoms with E-state index in [0.717, 1.165) is 35.5 Å². The molecule has 0 aromatic heterocycles. The summed E-state index contributed by atoms with van der Waals surface area (Å²) in [4.78, 5) is 2.26. The van der Waals surface area contributed by atoms with Crippen LogP contribution in [0.4, 0.5) is 0 Å². The number of halogens is 1. The number of hydrogen-bond acceptors (Lipinski definition) is 4. The lowest BCUT2D eigenvalue weighted by Gasteiger charge is -2.29. The van der Waals surface area contributed by atoms with E-state index in [1.807, 2.05) is 24.3 Å². The first-order chi connectivity index (χ1) is 8.74. The van der Waals surface area contributed by atoms with Crippen LogP contribution in [0.3, 0.4) is 0 Å². The third-order valence-corrected chi connectivity index (χ3v) is 3.59. The van der Waals surface area contributed by atoms with E-state index < -0.39 is 6.10 Å². The summed E-state index contributed by atoms with van der Waals surface area (Å²) in [5, 5.41) is 13.2. The van der Waals surface area contributed by atoms with Gasteiger partial charge < -0.3 is 15.2 Å². The quantitative estimate of drug-likeness (QED) is 0.766. The molecule has 0 bridgehead atoms. The molecule has 2 rings (SSSR count). The van der Waals surface area contributed by atoms with Gasteiger partial charge in [0.25, 0.3) is 0 Å². The van der Waals surface area contributed by atoms with E-state index in [4.69, 9.17) is 4.74 Å². The van der Waals surface area contributed by atoms with Crippen LogP contribution in [0.2, 0.25) is 0 Å². The highest BCUT2D eigenvalue weighted by atomic mass is 127. The Balaban J connectivity index is 1.72. The number of rotatable bonds is 5. The lowest BCUT2D eigenvalue weighted by molar-refractivity contribution is 0.0641. The van der Waals surface area contributed by atoms with E-state index in [-0.39, 0.29) is 0 Å². The average molecular weight is 362 g/mol. The third-order valence-electron chi connectivity index (χ3n) is 2.92. The number of ether oxygens (including phenoxy) is 1. The molecule has 1 saturated heterocycles. The maximum absolute atomic E-state index is 9.94. The molecule has 1 aromatic rings. The monoisotopic (exact) mass is 362 g/mol. The number of piperazine rings is 1. The summed E-state index contributed by atoms with van der Waals surface area (Å²) in [5.41, 5.74) is 0. The fourth-order valence-corrected chi connectivity index (χ4v) is 2.51. The molecule has 1 aliphatic rings. The Morgan fingerprint density at radius 3 is 2.89 bits per heavy atom. The smallest absolute Gasteiger partial charge is 0.120 e. The first kappa shape index (κ1) is 14.0. The van der Waals surface area contributed by atoms with Crippen LogP contribution >= 0.6 is 22.6 Å². The number of nitrogens with zero attached hydrogens (tertiary/aromatic N) is 1. The van der Waals surface area contributed by atoms with Gasteiger partial charge in [0.2, 0.25) is 0 Å². The van der Waals surface area contributed by atoms with Gasteiger partial charge in [-0.15, -0.1) is 0 Å². The Morgan fingerprint density at radius 1 is 1.39 bits per heavy atom. The minimum Gasteiger partial charge on any atom is -0.491 e. The van der Waals surface area contributed by atoms with E-state index >= 15 is 0 Å². The molecule has 1 atom stereocenters. The second-order valence-electron chi connectivity index (χ2n) is 4.47. The normalized spacial score (nSPS) is 18.6. The maximum Gasteiger partial charge on any atom is 0.120 e. The molecule has 1 aliphatic heterocycles. The van der Waals surface area contributed by atoms with Crippen molar-refractivity contribution >= 4 is 22.6 Å². The Morgan fingerprint density at radius 2 is 2.17 bits per heavy atom. The third kappa shape index (κ3) is 4.72. The van der Waals surface area contributed by atoms with Crippen LogP contribution in [-0.2, 0) is 0 Å². The number of nitrogens with one attached hydrogen (secondary N) is 1. The molecule has 0 amide bonds. The van der Waals surface area contributed by atoms with Gasteiger partial charge in [-0.1, -0.05) is 6.07 Å². The Hall–Kier alpha value is -0.370. The lowest BCUT2D eigenvalue weighted by Crippen LogP contribution is -2.47. The van der Waals surface area contributed by atoms with Crippen LogP contribution in [0, 0.1) is 3.57 Å². The summed E-state index contributed by atoms with van der Waals surface area (Å²) in [7, 11) is 0. The van der Waals surface area contributed by atoms with Gasteiger partial charge in [-0.25, -0.2) is 0 Å². The number of aliphatic hydroxyl groups excluding tert-OH is 1. The zero-order chi connectivity index (χ0) is 12.8. The van der Waals surface area contributed by atoms with Crippen molar-refractivity contribution in [3.8, 4) is 5.75 Å². The highest BCUT2D eigenvalue weighted by Crippen LogP contribution is 2.14. The summed E-state index contributed by atoms with van der Waals surface area (Å²) in [5.74, 6) is 0.821. The predicted molar refractivity (Wildman–Crippen MR) is 80.0 cm³/mol. The molecule has 0 saturated carbocycles. The predicted octanol–water partition coefficient (Wildman–Crippen LogP) is 0.936. The summed E-state index contributed by atoms with van der Waals surface area (Å²) in [6, 6.07) is 7.86. The van der Waals surface area contributed by atoms with Crippen molar-refractivity contribution in [2.45, 2.75) is 6.10 Å².